The highest BCUT2D eigenvalue weighted by Crippen LogP contribution is 2.33. The Balaban J connectivity index is 1.95. The van der Waals surface area contributed by atoms with Crippen LogP contribution >= 0.6 is 0 Å². The van der Waals surface area contributed by atoms with Gasteiger partial charge in [-0.2, -0.15) is 0 Å². The van der Waals surface area contributed by atoms with E-state index < -0.39 is 0 Å². The third kappa shape index (κ3) is 4.23. The molecule has 4 nitrogen and oxygen atoms in total. The maximum absolute atomic E-state index is 12.2. The lowest BCUT2D eigenvalue weighted by molar-refractivity contribution is -0.132. The number of para-hydroxylation sites is 1. The highest BCUT2D eigenvalue weighted by Gasteiger charge is 2.21. The van der Waals surface area contributed by atoms with Crippen LogP contribution in [0.1, 0.15) is 38.3 Å². The van der Waals surface area contributed by atoms with Crippen molar-refractivity contribution >= 4 is 5.91 Å². The van der Waals surface area contributed by atoms with Gasteiger partial charge in [-0.15, -0.1) is 0 Å². The van der Waals surface area contributed by atoms with Crippen LogP contribution in [0, 0.1) is 6.92 Å². The van der Waals surface area contributed by atoms with Gasteiger partial charge in [0.15, 0.2) is 0 Å². The Morgan fingerprint density at radius 1 is 1.27 bits per heavy atom. The van der Waals surface area contributed by atoms with Gasteiger partial charge in [0.1, 0.15) is 5.75 Å². The van der Waals surface area contributed by atoms with Crippen LogP contribution in [0.3, 0.4) is 0 Å². The number of nitrogens with zero attached hydrogens (tertiary/aromatic N) is 1. The minimum absolute atomic E-state index is 0.0316. The smallest absolute Gasteiger partial charge is 0.226 e. The molecule has 122 valence electrons. The maximum Gasteiger partial charge on any atom is 0.226 e. The van der Waals surface area contributed by atoms with Gasteiger partial charge < -0.3 is 15.0 Å². The van der Waals surface area contributed by atoms with Crippen molar-refractivity contribution in [3.05, 3.63) is 29.3 Å². The molecular weight excluding hydrogens is 276 g/mol. The first-order valence-electron chi connectivity index (χ1n) is 8.11. The molecule has 1 amide bonds. The van der Waals surface area contributed by atoms with Gasteiger partial charge in [0.2, 0.25) is 5.91 Å². The number of hydrogen-bond acceptors (Lipinski definition) is 3. The van der Waals surface area contributed by atoms with Gasteiger partial charge in [-0.3, -0.25) is 4.79 Å². The summed E-state index contributed by atoms with van der Waals surface area (Å²) in [4.78, 5) is 14.1. The van der Waals surface area contributed by atoms with Gasteiger partial charge in [-0.25, -0.2) is 0 Å². The van der Waals surface area contributed by atoms with Crippen LogP contribution in [-0.2, 0) is 10.2 Å². The molecule has 0 aromatic heterocycles. The van der Waals surface area contributed by atoms with Crippen LogP contribution in [0.4, 0.5) is 0 Å². The fraction of sp³-hybridized carbons (Fsp3) is 0.611. The topological polar surface area (TPSA) is 41.6 Å². The van der Waals surface area contributed by atoms with E-state index in [1.165, 1.54) is 5.56 Å². The summed E-state index contributed by atoms with van der Waals surface area (Å²) in [5.41, 5.74) is 2.35. The lowest BCUT2D eigenvalue weighted by Crippen LogP contribution is -2.46. The second-order valence-corrected chi connectivity index (χ2v) is 6.93. The van der Waals surface area contributed by atoms with Crippen molar-refractivity contribution in [2.45, 2.75) is 39.5 Å². The van der Waals surface area contributed by atoms with E-state index in [1.807, 2.05) is 4.90 Å². The molecule has 0 radical (unpaired) electrons. The lowest BCUT2D eigenvalue weighted by atomic mass is 9.85. The Kier molecular flexibility index (Phi) is 5.46. The number of amides is 1. The second kappa shape index (κ2) is 7.14. The van der Waals surface area contributed by atoms with Gasteiger partial charge in [0.25, 0.3) is 0 Å². The average Bonchev–Trinajstić information content (AvgIpc) is 2.48. The molecule has 0 unspecified atom stereocenters. The number of rotatable bonds is 4. The minimum atomic E-state index is 0.0316. The van der Waals surface area contributed by atoms with Crippen LogP contribution in [0.2, 0.25) is 0 Å². The van der Waals surface area contributed by atoms with Crippen LogP contribution in [0.15, 0.2) is 18.2 Å². The summed E-state index contributed by atoms with van der Waals surface area (Å²) in [6, 6.07) is 6.23. The van der Waals surface area contributed by atoms with Crippen LogP contribution < -0.4 is 10.1 Å². The van der Waals surface area contributed by atoms with E-state index in [4.69, 9.17) is 4.74 Å². The molecule has 1 aliphatic heterocycles. The molecule has 1 saturated heterocycles. The van der Waals surface area contributed by atoms with E-state index >= 15 is 0 Å². The quantitative estimate of drug-likeness (QED) is 0.929. The van der Waals surface area contributed by atoms with E-state index in [0.29, 0.717) is 13.0 Å². The number of benzene rings is 1. The number of aryl methyl sites for hydroxylation is 1. The van der Waals surface area contributed by atoms with E-state index in [9.17, 15) is 4.79 Å². The van der Waals surface area contributed by atoms with Crippen molar-refractivity contribution in [2.75, 3.05) is 32.8 Å². The third-order valence-electron chi connectivity index (χ3n) is 4.05. The number of carbonyl (C=O) groups excluding carboxylic acids is 1. The van der Waals surface area contributed by atoms with Crippen molar-refractivity contribution in [3.8, 4) is 5.75 Å². The van der Waals surface area contributed by atoms with Crippen molar-refractivity contribution in [1.29, 1.82) is 0 Å². The molecule has 1 N–H and O–H groups in total. The summed E-state index contributed by atoms with van der Waals surface area (Å²) < 4.78 is 5.99. The van der Waals surface area contributed by atoms with Crippen molar-refractivity contribution in [3.63, 3.8) is 0 Å². The summed E-state index contributed by atoms with van der Waals surface area (Å²) in [7, 11) is 0. The highest BCUT2D eigenvalue weighted by molar-refractivity contribution is 5.76. The van der Waals surface area contributed by atoms with Crippen LogP contribution in [0.25, 0.3) is 0 Å². The molecule has 2 rings (SSSR count). The van der Waals surface area contributed by atoms with E-state index in [2.05, 4.69) is 51.2 Å². The Bertz CT molecular complexity index is 514. The van der Waals surface area contributed by atoms with Crippen LogP contribution in [-0.4, -0.2) is 43.6 Å². The molecule has 1 heterocycles. The number of piperazine rings is 1. The molecule has 4 heteroatoms. The molecule has 0 aliphatic carbocycles. The predicted molar refractivity (Wildman–Crippen MR) is 89.4 cm³/mol. The molecule has 1 fully saturated rings. The molecule has 22 heavy (non-hydrogen) atoms. The van der Waals surface area contributed by atoms with Crippen LogP contribution in [0.5, 0.6) is 5.75 Å². The fourth-order valence-electron chi connectivity index (χ4n) is 2.75. The minimum Gasteiger partial charge on any atom is -0.492 e. The SMILES string of the molecule is Cc1cccc(C(C)(C)C)c1OCCC(=O)N1CCNCC1. The largest absolute Gasteiger partial charge is 0.492 e. The zero-order valence-electron chi connectivity index (χ0n) is 14.2. The van der Waals surface area contributed by atoms with Crippen molar-refractivity contribution in [2.24, 2.45) is 0 Å². The van der Waals surface area contributed by atoms with Gasteiger partial charge in [-0.1, -0.05) is 39.0 Å². The molecule has 0 atom stereocenters. The Morgan fingerprint density at radius 3 is 2.59 bits per heavy atom. The summed E-state index contributed by atoms with van der Waals surface area (Å²) >= 11 is 0. The second-order valence-electron chi connectivity index (χ2n) is 6.93. The highest BCUT2D eigenvalue weighted by atomic mass is 16.5. The average molecular weight is 304 g/mol. The van der Waals surface area contributed by atoms with Gasteiger partial charge in [0.05, 0.1) is 13.0 Å². The number of carbonyl (C=O) groups is 1. The number of hydrogen-bond donors (Lipinski definition) is 1. The normalized spacial score (nSPS) is 15.7. The van der Waals surface area contributed by atoms with Gasteiger partial charge in [-0.05, 0) is 23.5 Å². The first-order chi connectivity index (χ1) is 10.4. The van der Waals surface area contributed by atoms with Gasteiger partial charge >= 0.3 is 0 Å². The Hall–Kier alpha value is -1.55. The lowest BCUT2D eigenvalue weighted by Gasteiger charge is -2.28. The summed E-state index contributed by atoms with van der Waals surface area (Å²) in [6.07, 6.45) is 0.442. The first kappa shape index (κ1) is 16.8. The van der Waals surface area contributed by atoms with E-state index in [0.717, 1.165) is 37.5 Å². The molecule has 1 aliphatic rings. The predicted octanol–water partition coefficient (Wildman–Crippen LogP) is 2.49. The fourth-order valence-corrected chi connectivity index (χ4v) is 2.75. The van der Waals surface area contributed by atoms with Crippen molar-refractivity contribution in [1.82, 2.24) is 10.2 Å². The Morgan fingerprint density at radius 2 is 1.95 bits per heavy atom. The number of ether oxygens (including phenoxy) is 1. The summed E-state index contributed by atoms with van der Waals surface area (Å²) in [6.45, 7) is 12.4. The molecule has 1 aromatic rings. The monoisotopic (exact) mass is 304 g/mol. The van der Waals surface area contributed by atoms with E-state index in [-0.39, 0.29) is 11.3 Å². The molecule has 0 spiro atoms. The summed E-state index contributed by atoms with van der Waals surface area (Å²) in [5.74, 6) is 1.12. The van der Waals surface area contributed by atoms with Crippen molar-refractivity contribution < 1.29 is 9.53 Å². The maximum atomic E-state index is 12.2. The van der Waals surface area contributed by atoms with E-state index in [1.54, 1.807) is 0 Å². The summed E-state index contributed by atoms with van der Waals surface area (Å²) in [5, 5.41) is 3.26. The molecular formula is C18H28N2O2. The van der Waals surface area contributed by atoms with Gasteiger partial charge in [0, 0.05) is 26.2 Å². The standard InChI is InChI=1S/C18H28N2O2/c1-14-6-5-7-15(18(2,3)4)17(14)22-13-8-16(21)20-11-9-19-10-12-20/h5-7,19H,8-13H2,1-4H3. The molecule has 0 bridgehead atoms. The zero-order chi connectivity index (χ0) is 16.2. The first-order valence-corrected chi connectivity index (χ1v) is 8.11. The molecule has 0 saturated carbocycles. The third-order valence-corrected chi connectivity index (χ3v) is 4.05. The number of nitrogens with one attached hydrogen (secondary N) is 1. The zero-order valence-corrected chi connectivity index (χ0v) is 14.2. The molecule has 1 aromatic carbocycles. The Labute approximate surface area is 133 Å².